The predicted molar refractivity (Wildman–Crippen MR) is 70.7 cm³/mol. The standard InChI is InChI=1S/C15H15F2NO/c1-8-5-9(2)14(12(17)6-8)15(19)11-7-10(16)3-4-13(11)18/h3-7,15,19H,18H2,1-2H3. The number of aliphatic hydroxyl groups excluding tert-OH is 1. The van der Waals surface area contributed by atoms with Crippen molar-refractivity contribution in [1.82, 2.24) is 0 Å². The van der Waals surface area contributed by atoms with Gasteiger partial charge in [0.2, 0.25) is 0 Å². The molecule has 0 amide bonds. The average Bonchev–Trinajstić information content (AvgIpc) is 2.30. The minimum atomic E-state index is -1.28. The number of anilines is 1. The van der Waals surface area contributed by atoms with E-state index in [0.717, 1.165) is 11.6 Å². The summed E-state index contributed by atoms with van der Waals surface area (Å²) in [4.78, 5) is 0. The van der Waals surface area contributed by atoms with E-state index in [1.54, 1.807) is 19.9 Å². The van der Waals surface area contributed by atoms with Gasteiger partial charge in [-0.25, -0.2) is 8.78 Å². The molecule has 0 saturated carbocycles. The van der Waals surface area contributed by atoms with Gasteiger partial charge in [-0.3, -0.25) is 0 Å². The van der Waals surface area contributed by atoms with Gasteiger partial charge in [-0.05, 0) is 49.2 Å². The van der Waals surface area contributed by atoms with Crippen molar-refractivity contribution in [2.45, 2.75) is 20.0 Å². The second-order valence-electron chi connectivity index (χ2n) is 4.65. The third-order valence-electron chi connectivity index (χ3n) is 3.10. The lowest BCUT2D eigenvalue weighted by atomic mass is 9.94. The fourth-order valence-electron chi connectivity index (χ4n) is 2.21. The van der Waals surface area contributed by atoms with Crippen molar-refractivity contribution in [3.8, 4) is 0 Å². The lowest BCUT2D eigenvalue weighted by Gasteiger charge is -2.17. The summed E-state index contributed by atoms with van der Waals surface area (Å²) < 4.78 is 27.2. The molecule has 2 aromatic carbocycles. The normalized spacial score (nSPS) is 12.5. The van der Waals surface area contributed by atoms with Gasteiger partial charge >= 0.3 is 0 Å². The van der Waals surface area contributed by atoms with Gasteiger partial charge < -0.3 is 10.8 Å². The number of nitrogens with two attached hydrogens (primary N) is 1. The zero-order valence-corrected chi connectivity index (χ0v) is 10.7. The van der Waals surface area contributed by atoms with Crippen molar-refractivity contribution in [2.24, 2.45) is 0 Å². The molecule has 0 radical (unpaired) electrons. The van der Waals surface area contributed by atoms with Crippen molar-refractivity contribution in [1.29, 1.82) is 0 Å². The molecule has 0 spiro atoms. The molecule has 0 bridgehead atoms. The van der Waals surface area contributed by atoms with E-state index < -0.39 is 17.7 Å². The third kappa shape index (κ3) is 2.58. The smallest absolute Gasteiger partial charge is 0.129 e. The summed E-state index contributed by atoms with van der Waals surface area (Å²) in [5.41, 5.74) is 7.61. The molecule has 19 heavy (non-hydrogen) atoms. The molecule has 0 saturated heterocycles. The maximum absolute atomic E-state index is 14.0. The number of aliphatic hydroxyl groups is 1. The fourth-order valence-corrected chi connectivity index (χ4v) is 2.21. The average molecular weight is 263 g/mol. The van der Waals surface area contributed by atoms with Gasteiger partial charge in [-0.1, -0.05) is 6.07 Å². The Bertz CT molecular complexity index is 603. The van der Waals surface area contributed by atoms with Crippen LogP contribution in [0.1, 0.15) is 28.4 Å². The second kappa shape index (κ2) is 4.97. The maximum atomic E-state index is 14.0. The second-order valence-corrected chi connectivity index (χ2v) is 4.65. The first-order valence-electron chi connectivity index (χ1n) is 5.89. The minimum absolute atomic E-state index is 0.128. The van der Waals surface area contributed by atoms with Crippen molar-refractivity contribution >= 4 is 5.69 Å². The minimum Gasteiger partial charge on any atom is -0.398 e. The Labute approximate surface area is 110 Å². The molecule has 0 aromatic heterocycles. The summed E-state index contributed by atoms with van der Waals surface area (Å²) in [5, 5.41) is 10.3. The van der Waals surface area contributed by atoms with Crippen LogP contribution in [0.25, 0.3) is 0 Å². The van der Waals surface area contributed by atoms with Gasteiger partial charge in [0.1, 0.15) is 17.7 Å². The molecule has 100 valence electrons. The largest absolute Gasteiger partial charge is 0.398 e. The first-order chi connectivity index (χ1) is 8.90. The summed E-state index contributed by atoms with van der Waals surface area (Å²) >= 11 is 0. The van der Waals surface area contributed by atoms with Crippen LogP contribution >= 0.6 is 0 Å². The molecule has 2 rings (SSSR count). The van der Waals surface area contributed by atoms with Crippen molar-refractivity contribution in [3.05, 3.63) is 64.2 Å². The number of halogens is 2. The summed E-state index contributed by atoms with van der Waals surface area (Å²) in [6.07, 6.45) is -1.28. The van der Waals surface area contributed by atoms with Crippen molar-refractivity contribution in [2.75, 3.05) is 5.73 Å². The molecule has 2 nitrogen and oxygen atoms in total. The van der Waals surface area contributed by atoms with Gasteiger partial charge in [0, 0.05) is 16.8 Å². The number of benzene rings is 2. The lowest BCUT2D eigenvalue weighted by molar-refractivity contribution is 0.214. The Hall–Kier alpha value is -1.94. The molecule has 2 aromatic rings. The maximum Gasteiger partial charge on any atom is 0.129 e. The van der Waals surface area contributed by atoms with E-state index in [2.05, 4.69) is 0 Å². The van der Waals surface area contributed by atoms with Gasteiger partial charge in [0.15, 0.2) is 0 Å². The van der Waals surface area contributed by atoms with E-state index in [1.807, 2.05) is 0 Å². The first-order valence-corrected chi connectivity index (χ1v) is 5.89. The highest BCUT2D eigenvalue weighted by molar-refractivity contribution is 5.52. The molecule has 0 aliphatic heterocycles. The van der Waals surface area contributed by atoms with Crippen LogP contribution in [0.4, 0.5) is 14.5 Å². The summed E-state index contributed by atoms with van der Waals surface area (Å²) in [7, 11) is 0. The topological polar surface area (TPSA) is 46.2 Å². The molecule has 0 aliphatic rings. The SMILES string of the molecule is Cc1cc(C)c(C(O)c2cc(F)ccc2N)c(F)c1. The van der Waals surface area contributed by atoms with Crippen molar-refractivity contribution < 1.29 is 13.9 Å². The zero-order chi connectivity index (χ0) is 14.2. The Kier molecular flexibility index (Phi) is 3.53. The lowest BCUT2D eigenvalue weighted by Crippen LogP contribution is -2.08. The van der Waals surface area contributed by atoms with Crippen LogP contribution in [0.3, 0.4) is 0 Å². The quantitative estimate of drug-likeness (QED) is 0.817. The van der Waals surface area contributed by atoms with Gasteiger partial charge in [-0.15, -0.1) is 0 Å². The molecular formula is C15H15F2NO. The van der Waals surface area contributed by atoms with Crippen LogP contribution in [-0.4, -0.2) is 5.11 Å². The summed E-state index contributed by atoms with van der Waals surface area (Å²) in [6, 6.07) is 6.77. The van der Waals surface area contributed by atoms with Crippen LogP contribution in [0, 0.1) is 25.5 Å². The number of nitrogen functional groups attached to an aromatic ring is 1. The molecular weight excluding hydrogens is 248 g/mol. The Morgan fingerprint density at radius 2 is 1.79 bits per heavy atom. The van der Waals surface area contributed by atoms with Crippen molar-refractivity contribution in [3.63, 3.8) is 0 Å². The fraction of sp³-hybridized carbons (Fsp3) is 0.200. The summed E-state index contributed by atoms with van der Waals surface area (Å²) in [5.74, 6) is -1.04. The van der Waals surface area contributed by atoms with E-state index in [4.69, 9.17) is 5.73 Å². The zero-order valence-electron chi connectivity index (χ0n) is 10.7. The van der Waals surface area contributed by atoms with E-state index >= 15 is 0 Å². The Morgan fingerprint density at radius 1 is 1.11 bits per heavy atom. The highest BCUT2D eigenvalue weighted by atomic mass is 19.1. The number of hydrogen-bond donors (Lipinski definition) is 2. The Morgan fingerprint density at radius 3 is 2.42 bits per heavy atom. The molecule has 1 unspecified atom stereocenters. The highest BCUT2D eigenvalue weighted by Crippen LogP contribution is 2.31. The van der Waals surface area contributed by atoms with E-state index in [0.29, 0.717) is 5.56 Å². The van der Waals surface area contributed by atoms with E-state index in [1.165, 1.54) is 18.2 Å². The van der Waals surface area contributed by atoms with Crippen LogP contribution < -0.4 is 5.73 Å². The van der Waals surface area contributed by atoms with Crippen LogP contribution in [0.2, 0.25) is 0 Å². The van der Waals surface area contributed by atoms with Gasteiger partial charge in [0.25, 0.3) is 0 Å². The predicted octanol–water partition coefficient (Wildman–Crippen LogP) is 3.25. The van der Waals surface area contributed by atoms with Gasteiger partial charge in [-0.2, -0.15) is 0 Å². The molecule has 0 aliphatic carbocycles. The molecule has 1 atom stereocenters. The highest BCUT2D eigenvalue weighted by Gasteiger charge is 2.20. The third-order valence-corrected chi connectivity index (χ3v) is 3.10. The Balaban J connectivity index is 2.56. The van der Waals surface area contributed by atoms with E-state index in [-0.39, 0.29) is 16.8 Å². The van der Waals surface area contributed by atoms with Crippen LogP contribution in [-0.2, 0) is 0 Å². The van der Waals surface area contributed by atoms with Gasteiger partial charge in [0.05, 0.1) is 0 Å². The number of aryl methyl sites for hydroxylation is 2. The van der Waals surface area contributed by atoms with Crippen LogP contribution in [0.15, 0.2) is 30.3 Å². The molecule has 0 heterocycles. The number of hydrogen-bond acceptors (Lipinski definition) is 2. The van der Waals surface area contributed by atoms with Crippen LogP contribution in [0.5, 0.6) is 0 Å². The molecule has 0 fully saturated rings. The number of rotatable bonds is 2. The molecule has 3 N–H and O–H groups in total. The first kappa shape index (κ1) is 13.5. The summed E-state index contributed by atoms with van der Waals surface area (Å²) in [6.45, 7) is 3.47. The molecule has 4 heteroatoms. The van der Waals surface area contributed by atoms with E-state index in [9.17, 15) is 13.9 Å². The monoisotopic (exact) mass is 263 g/mol.